The first-order valence-electron chi connectivity index (χ1n) is 7.07. The largest absolute Gasteiger partial charge is 0.493 e. The van der Waals surface area contributed by atoms with E-state index < -0.39 is 0 Å². The summed E-state index contributed by atoms with van der Waals surface area (Å²) < 4.78 is 11.2. The molecule has 2 aromatic rings. The predicted molar refractivity (Wildman–Crippen MR) is 74.9 cm³/mol. The molecule has 1 saturated heterocycles. The van der Waals surface area contributed by atoms with Crippen molar-refractivity contribution in [2.45, 2.75) is 31.2 Å². The minimum Gasteiger partial charge on any atom is -0.493 e. The fourth-order valence-electron chi connectivity index (χ4n) is 3.93. The summed E-state index contributed by atoms with van der Waals surface area (Å²) in [5.41, 5.74) is 3.74. The number of fused-ring (bicyclic) bond motifs is 2. The second kappa shape index (κ2) is 4.01. The number of hydrogen-bond donors (Lipinski definition) is 0. The molecule has 0 N–H and O–H groups in total. The van der Waals surface area contributed by atoms with E-state index in [1.54, 1.807) is 7.11 Å². The van der Waals surface area contributed by atoms with E-state index in [9.17, 15) is 0 Å². The normalized spacial score (nSPS) is 26.4. The monoisotopic (exact) mass is 257 g/mol. The van der Waals surface area contributed by atoms with Crippen LogP contribution in [0.5, 0.6) is 5.75 Å². The fourth-order valence-corrected chi connectivity index (χ4v) is 3.93. The highest BCUT2D eigenvalue weighted by Gasteiger charge is 2.37. The van der Waals surface area contributed by atoms with Gasteiger partial charge in [-0.2, -0.15) is 0 Å². The Hall–Kier alpha value is -1.48. The van der Waals surface area contributed by atoms with Crippen LogP contribution in [0.2, 0.25) is 0 Å². The van der Waals surface area contributed by atoms with Gasteiger partial charge in [0.15, 0.2) is 11.3 Å². The maximum Gasteiger partial charge on any atom is 0.176 e. The number of likely N-dealkylation sites (tertiary alicyclic amines) is 1. The van der Waals surface area contributed by atoms with Crippen LogP contribution < -0.4 is 4.74 Å². The molecule has 2 unspecified atom stereocenters. The predicted octanol–water partition coefficient (Wildman–Crippen LogP) is 3.18. The summed E-state index contributed by atoms with van der Waals surface area (Å²) in [6.45, 7) is 1.22. The minimum absolute atomic E-state index is 0.625. The molecule has 1 fully saturated rings. The molecule has 3 heteroatoms. The smallest absolute Gasteiger partial charge is 0.176 e. The lowest BCUT2D eigenvalue weighted by Gasteiger charge is -2.41. The molecule has 1 aliphatic carbocycles. The van der Waals surface area contributed by atoms with E-state index in [-0.39, 0.29) is 0 Å². The number of likely N-dealkylation sites (N-methyl/N-ethyl adjacent to an activating group) is 1. The van der Waals surface area contributed by atoms with Crippen LogP contribution in [0.15, 0.2) is 22.8 Å². The Labute approximate surface area is 113 Å². The second-order valence-electron chi connectivity index (χ2n) is 5.82. The SMILES string of the molecule is COc1ccc2c3c(coc13)C1CCCN(C)C1C2. The van der Waals surface area contributed by atoms with Crippen molar-refractivity contribution in [3.63, 3.8) is 0 Å². The molecule has 0 spiro atoms. The van der Waals surface area contributed by atoms with Crippen molar-refractivity contribution < 1.29 is 9.15 Å². The summed E-state index contributed by atoms with van der Waals surface area (Å²) in [7, 11) is 3.96. The highest BCUT2D eigenvalue weighted by molar-refractivity contribution is 5.91. The summed E-state index contributed by atoms with van der Waals surface area (Å²) in [6.07, 6.45) is 5.66. The standard InChI is InChI=1S/C16H19NO2/c1-17-7-3-4-11-12-9-19-16-14(18-2)6-5-10(15(12)16)8-13(11)17/h5-6,9,11,13H,3-4,7-8H2,1-2H3. The topological polar surface area (TPSA) is 25.6 Å². The van der Waals surface area contributed by atoms with E-state index in [0.29, 0.717) is 12.0 Å². The Morgan fingerprint density at radius 3 is 3.11 bits per heavy atom. The Balaban J connectivity index is 1.93. The quantitative estimate of drug-likeness (QED) is 0.784. The molecule has 19 heavy (non-hydrogen) atoms. The van der Waals surface area contributed by atoms with Crippen molar-refractivity contribution in [3.8, 4) is 5.75 Å². The van der Waals surface area contributed by atoms with Crippen molar-refractivity contribution in [1.29, 1.82) is 0 Å². The van der Waals surface area contributed by atoms with Crippen LogP contribution in [0, 0.1) is 0 Å². The number of rotatable bonds is 1. The van der Waals surface area contributed by atoms with Crippen LogP contribution in [-0.2, 0) is 6.42 Å². The lowest BCUT2D eigenvalue weighted by Crippen LogP contribution is -2.44. The Bertz CT molecular complexity index is 631. The third kappa shape index (κ3) is 1.48. The van der Waals surface area contributed by atoms with Crippen LogP contribution in [0.3, 0.4) is 0 Å². The van der Waals surface area contributed by atoms with Gasteiger partial charge in [0, 0.05) is 22.9 Å². The van der Waals surface area contributed by atoms with E-state index in [4.69, 9.17) is 9.15 Å². The zero-order chi connectivity index (χ0) is 13.0. The van der Waals surface area contributed by atoms with E-state index in [2.05, 4.69) is 18.0 Å². The Morgan fingerprint density at radius 2 is 2.26 bits per heavy atom. The first-order chi connectivity index (χ1) is 9.29. The number of furan rings is 1. The van der Waals surface area contributed by atoms with Gasteiger partial charge >= 0.3 is 0 Å². The van der Waals surface area contributed by atoms with Crippen molar-refractivity contribution in [2.24, 2.45) is 0 Å². The van der Waals surface area contributed by atoms with Crippen LogP contribution >= 0.6 is 0 Å². The summed E-state index contributed by atoms with van der Waals surface area (Å²) in [6, 6.07) is 4.88. The number of hydrogen-bond acceptors (Lipinski definition) is 3. The minimum atomic E-state index is 0.625. The molecule has 0 radical (unpaired) electrons. The molecule has 0 bridgehead atoms. The number of nitrogens with zero attached hydrogens (tertiary/aromatic N) is 1. The average molecular weight is 257 g/mol. The van der Waals surface area contributed by atoms with Gasteiger partial charge in [-0.25, -0.2) is 0 Å². The van der Waals surface area contributed by atoms with Crippen molar-refractivity contribution in [3.05, 3.63) is 29.5 Å². The first kappa shape index (κ1) is 11.4. The van der Waals surface area contributed by atoms with Gasteiger partial charge in [0.2, 0.25) is 0 Å². The molecule has 1 aliphatic heterocycles. The lowest BCUT2D eigenvalue weighted by molar-refractivity contribution is 0.156. The van der Waals surface area contributed by atoms with Crippen LogP contribution in [0.4, 0.5) is 0 Å². The molecule has 2 aliphatic rings. The molecule has 1 aromatic carbocycles. The maximum absolute atomic E-state index is 5.82. The van der Waals surface area contributed by atoms with E-state index in [0.717, 1.165) is 17.8 Å². The van der Waals surface area contributed by atoms with Gasteiger partial charge in [-0.05, 0) is 44.5 Å². The van der Waals surface area contributed by atoms with Crippen LogP contribution in [-0.4, -0.2) is 31.6 Å². The molecule has 4 rings (SSSR count). The maximum atomic E-state index is 5.82. The molecule has 3 nitrogen and oxygen atoms in total. The van der Waals surface area contributed by atoms with E-state index in [1.165, 1.54) is 35.9 Å². The Morgan fingerprint density at radius 1 is 1.37 bits per heavy atom. The van der Waals surface area contributed by atoms with Gasteiger partial charge in [-0.1, -0.05) is 6.07 Å². The van der Waals surface area contributed by atoms with Crippen molar-refractivity contribution in [1.82, 2.24) is 4.90 Å². The molecule has 0 amide bonds. The van der Waals surface area contributed by atoms with Gasteiger partial charge in [-0.15, -0.1) is 0 Å². The van der Waals surface area contributed by atoms with Gasteiger partial charge < -0.3 is 14.1 Å². The zero-order valence-electron chi connectivity index (χ0n) is 11.5. The Kier molecular flexibility index (Phi) is 2.39. The molecule has 2 atom stereocenters. The first-order valence-corrected chi connectivity index (χ1v) is 7.07. The van der Waals surface area contributed by atoms with Gasteiger partial charge in [-0.3, -0.25) is 0 Å². The highest BCUT2D eigenvalue weighted by Crippen LogP contribution is 2.45. The molecular weight excluding hydrogens is 238 g/mol. The van der Waals surface area contributed by atoms with E-state index in [1.807, 2.05) is 12.3 Å². The third-order valence-electron chi connectivity index (χ3n) is 4.91. The summed E-state index contributed by atoms with van der Waals surface area (Å²) in [5, 5.41) is 1.32. The average Bonchev–Trinajstić information content (AvgIpc) is 2.87. The molecule has 100 valence electrons. The second-order valence-corrected chi connectivity index (χ2v) is 5.82. The molecule has 2 heterocycles. The van der Waals surface area contributed by atoms with Crippen LogP contribution in [0.25, 0.3) is 11.0 Å². The zero-order valence-corrected chi connectivity index (χ0v) is 11.5. The number of piperidine rings is 1. The highest BCUT2D eigenvalue weighted by atomic mass is 16.5. The van der Waals surface area contributed by atoms with Crippen molar-refractivity contribution in [2.75, 3.05) is 20.7 Å². The fraction of sp³-hybridized carbons (Fsp3) is 0.500. The molecular formula is C16H19NO2. The number of ether oxygens (including phenoxy) is 1. The van der Waals surface area contributed by atoms with E-state index >= 15 is 0 Å². The summed E-state index contributed by atoms with van der Waals surface area (Å²) in [5.74, 6) is 1.48. The molecule has 0 saturated carbocycles. The van der Waals surface area contributed by atoms with Gasteiger partial charge in [0.05, 0.1) is 13.4 Å². The van der Waals surface area contributed by atoms with Gasteiger partial charge in [0.1, 0.15) is 0 Å². The number of benzene rings is 1. The van der Waals surface area contributed by atoms with Gasteiger partial charge in [0.25, 0.3) is 0 Å². The molecule has 1 aromatic heterocycles. The third-order valence-corrected chi connectivity index (χ3v) is 4.91. The van der Waals surface area contributed by atoms with Crippen LogP contribution in [0.1, 0.15) is 29.9 Å². The lowest BCUT2D eigenvalue weighted by atomic mass is 9.75. The van der Waals surface area contributed by atoms with Crippen molar-refractivity contribution >= 4 is 11.0 Å². The summed E-state index contributed by atoms with van der Waals surface area (Å²) in [4.78, 5) is 2.51. The number of methoxy groups -OCH3 is 1. The summed E-state index contributed by atoms with van der Waals surface area (Å²) >= 11 is 0.